The van der Waals surface area contributed by atoms with Gasteiger partial charge >= 0.3 is 0 Å². The zero-order valence-corrected chi connectivity index (χ0v) is 8.53. The van der Waals surface area contributed by atoms with Gasteiger partial charge in [-0.2, -0.15) is 0 Å². The Morgan fingerprint density at radius 3 is 3.00 bits per heavy atom. The van der Waals surface area contributed by atoms with Crippen molar-refractivity contribution in [1.29, 1.82) is 0 Å². The molecule has 0 spiro atoms. The molecule has 0 radical (unpaired) electrons. The Hall–Kier alpha value is -1.02. The lowest BCUT2D eigenvalue weighted by atomic mass is 9.77. The van der Waals surface area contributed by atoms with E-state index in [0.29, 0.717) is 5.92 Å². The summed E-state index contributed by atoms with van der Waals surface area (Å²) in [6, 6.07) is 8.69. The van der Waals surface area contributed by atoms with Crippen molar-refractivity contribution in [3.63, 3.8) is 0 Å². The summed E-state index contributed by atoms with van der Waals surface area (Å²) in [5.74, 6) is 0.686. The second-order valence-electron chi connectivity index (χ2n) is 4.76. The van der Waals surface area contributed by atoms with Gasteiger partial charge in [-0.1, -0.05) is 18.2 Å². The molecule has 4 rings (SSSR count). The van der Waals surface area contributed by atoms with Crippen LogP contribution in [0.4, 0.5) is 5.69 Å². The molecule has 1 saturated heterocycles. The van der Waals surface area contributed by atoms with Crippen molar-refractivity contribution < 1.29 is 0 Å². The second kappa shape index (κ2) is 2.51. The number of anilines is 1. The van der Waals surface area contributed by atoms with Crippen molar-refractivity contribution in [2.45, 2.75) is 31.3 Å². The van der Waals surface area contributed by atoms with Gasteiger partial charge < -0.3 is 10.6 Å². The van der Waals surface area contributed by atoms with Gasteiger partial charge in [0.2, 0.25) is 0 Å². The quantitative estimate of drug-likeness (QED) is 0.675. The number of para-hydroxylation sites is 1. The third kappa shape index (κ3) is 0.947. The predicted molar refractivity (Wildman–Crippen MR) is 58.4 cm³/mol. The molecule has 2 bridgehead atoms. The number of nitrogens with two attached hydrogens (primary N) is 1. The fourth-order valence-electron chi connectivity index (χ4n) is 2.99. The topological polar surface area (TPSA) is 29.3 Å². The molecule has 0 aromatic heterocycles. The maximum absolute atomic E-state index is 6.30. The number of benzene rings is 1. The average molecular weight is 188 g/mol. The van der Waals surface area contributed by atoms with E-state index < -0.39 is 0 Å². The number of piperidine rings is 1. The van der Waals surface area contributed by atoms with E-state index in [-0.39, 0.29) is 5.66 Å². The molecular formula is C12H16N2. The predicted octanol–water partition coefficient (Wildman–Crippen LogP) is 2.06. The molecule has 3 aliphatic rings. The van der Waals surface area contributed by atoms with E-state index in [1.165, 1.54) is 17.7 Å². The van der Waals surface area contributed by atoms with Crippen LogP contribution in [-0.4, -0.2) is 12.2 Å². The molecule has 2 N–H and O–H groups in total. The number of hydrogen-bond acceptors (Lipinski definition) is 2. The first-order valence-electron chi connectivity index (χ1n) is 5.34. The lowest BCUT2D eigenvalue weighted by Crippen LogP contribution is -2.61. The molecule has 2 heteroatoms. The highest BCUT2D eigenvalue weighted by Gasteiger charge is 2.42. The lowest BCUT2D eigenvalue weighted by Gasteiger charge is -2.52. The molecule has 74 valence electrons. The number of rotatable bonds is 0. The summed E-state index contributed by atoms with van der Waals surface area (Å²) in [4.78, 5) is 2.36. The van der Waals surface area contributed by atoms with Gasteiger partial charge in [-0.05, 0) is 37.3 Å². The van der Waals surface area contributed by atoms with Crippen LogP contribution >= 0.6 is 0 Å². The summed E-state index contributed by atoms with van der Waals surface area (Å²) in [6.45, 7) is 3.27. The first kappa shape index (κ1) is 8.30. The standard InChI is InChI=1S/C12H16N2/c1-12(13)8-9-6-7-14(12)11-5-3-2-4-10(9)11/h2-5,9H,6-8,13H2,1H3. The molecule has 0 amide bonds. The van der Waals surface area contributed by atoms with Crippen LogP contribution in [0.2, 0.25) is 0 Å². The minimum Gasteiger partial charge on any atom is -0.353 e. The fourth-order valence-corrected chi connectivity index (χ4v) is 2.99. The Morgan fingerprint density at radius 2 is 2.21 bits per heavy atom. The van der Waals surface area contributed by atoms with Gasteiger partial charge in [0, 0.05) is 12.2 Å². The zero-order chi connectivity index (χ0) is 9.76. The maximum atomic E-state index is 6.30. The molecule has 1 fully saturated rings. The fraction of sp³-hybridized carbons (Fsp3) is 0.500. The second-order valence-corrected chi connectivity index (χ2v) is 4.76. The first-order valence-corrected chi connectivity index (χ1v) is 5.34. The van der Waals surface area contributed by atoms with Crippen LogP contribution in [0.15, 0.2) is 24.3 Å². The third-order valence-corrected chi connectivity index (χ3v) is 3.64. The normalized spacial score (nSPS) is 34.4. The maximum Gasteiger partial charge on any atom is 0.0860 e. The molecule has 0 saturated carbocycles. The van der Waals surface area contributed by atoms with Crippen LogP contribution in [0.25, 0.3) is 0 Å². The minimum atomic E-state index is -0.128. The summed E-state index contributed by atoms with van der Waals surface area (Å²) < 4.78 is 0. The highest BCUT2D eigenvalue weighted by atomic mass is 15.3. The van der Waals surface area contributed by atoms with Gasteiger partial charge in [0.05, 0.1) is 5.66 Å². The first-order chi connectivity index (χ1) is 6.68. The van der Waals surface area contributed by atoms with Crippen molar-refractivity contribution >= 4 is 5.69 Å². The van der Waals surface area contributed by atoms with Crippen LogP contribution in [-0.2, 0) is 0 Å². The van der Waals surface area contributed by atoms with E-state index in [1.807, 2.05) is 0 Å². The summed E-state index contributed by atoms with van der Waals surface area (Å²) in [7, 11) is 0. The Labute approximate surface area is 84.7 Å². The smallest absolute Gasteiger partial charge is 0.0860 e. The van der Waals surface area contributed by atoms with E-state index in [4.69, 9.17) is 5.73 Å². The molecule has 1 aromatic rings. The van der Waals surface area contributed by atoms with Crippen molar-refractivity contribution in [3.05, 3.63) is 29.8 Å². The number of nitrogens with zero attached hydrogens (tertiary/aromatic N) is 1. The highest BCUT2D eigenvalue weighted by Crippen LogP contribution is 2.47. The molecular weight excluding hydrogens is 172 g/mol. The van der Waals surface area contributed by atoms with E-state index in [2.05, 4.69) is 36.1 Å². The SMILES string of the molecule is CC1(N)CC2CCN1c1ccccc12. The zero-order valence-electron chi connectivity index (χ0n) is 8.53. The average Bonchev–Trinajstić information content (AvgIpc) is 2.17. The summed E-state index contributed by atoms with van der Waals surface area (Å²) in [5.41, 5.74) is 9.04. The van der Waals surface area contributed by atoms with Gasteiger partial charge in [-0.3, -0.25) is 0 Å². The largest absolute Gasteiger partial charge is 0.353 e. The monoisotopic (exact) mass is 188 g/mol. The third-order valence-electron chi connectivity index (χ3n) is 3.64. The van der Waals surface area contributed by atoms with Crippen LogP contribution in [0, 0.1) is 0 Å². The molecule has 1 aromatic carbocycles. The Bertz CT molecular complexity index is 370. The van der Waals surface area contributed by atoms with Gasteiger partial charge in [0.25, 0.3) is 0 Å². The van der Waals surface area contributed by atoms with Gasteiger partial charge in [0.15, 0.2) is 0 Å². The van der Waals surface area contributed by atoms with Gasteiger partial charge in [-0.15, -0.1) is 0 Å². The molecule has 2 atom stereocenters. The van der Waals surface area contributed by atoms with Crippen LogP contribution in [0.3, 0.4) is 0 Å². The van der Waals surface area contributed by atoms with Crippen molar-refractivity contribution in [3.8, 4) is 0 Å². The van der Waals surface area contributed by atoms with E-state index in [0.717, 1.165) is 13.0 Å². The lowest BCUT2D eigenvalue weighted by molar-refractivity contribution is 0.291. The number of fused-ring (bicyclic) bond motifs is 2. The Morgan fingerprint density at radius 1 is 1.43 bits per heavy atom. The molecule has 2 unspecified atom stereocenters. The molecule has 2 nitrogen and oxygen atoms in total. The van der Waals surface area contributed by atoms with Crippen LogP contribution in [0.1, 0.15) is 31.2 Å². The van der Waals surface area contributed by atoms with E-state index >= 15 is 0 Å². The van der Waals surface area contributed by atoms with Gasteiger partial charge in [0.1, 0.15) is 0 Å². The Kier molecular flexibility index (Phi) is 1.49. The minimum absolute atomic E-state index is 0.128. The van der Waals surface area contributed by atoms with E-state index in [9.17, 15) is 0 Å². The van der Waals surface area contributed by atoms with Crippen molar-refractivity contribution in [2.75, 3.05) is 11.4 Å². The van der Waals surface area contributed by atoms with Crippen molar-refractivity contribution in [2.24, 2.45) is 5.73 Å². The molecule has 0 aliphatic carbocycles. The Balaban J connectivity index is 2.18. The van der Waals surface area contributed by atoms with Crippen LogP contribution in [0.5, 0.6) is 0 Å². The number of hydrogen-bond donors (Lipinski definition) is 1. The van der Waals surface area contributed by atoms with Gasteiger partial charge in [-0.25, -0.2) is 0 Å². The molecule has 3 heterocycles. The van der Waals surface area contributed by atoms with Crippen LogP contribution < -0.4 is 10.6 Å². The molecule has 3 aliphatic heterocycles. The molecule has 14 heavy (non-hydrogen) atoms. The van der Waals surface area contributed by atoms with Crippen molar-refractivity contribution in [1.82, 2.24) is 0 Å². The summed E-state index contributed by atoms with van der Waals surface area (Å²) >= 11 is 0. The summed E-state index contributed by atoms with van der Waals surface area (Å²) in [6.07, 6.45) is 2.37. The van der Waals surface area contributed by atoms with E-state index in [1.54, 1.807) is 0 Å². The highest BCUT2D eigenvalue weighted by molar-refractivity contribution is 5.61. The summed E-state index contributed by atoms with van der Waals surface area (Å²) in [5, 5.41) is 0.